The van der Waals surface area contributed by atoms with Gasteiger partial charge in [0.2, 0.25) is 0 Å². The average molecular weight is 412 g/mol. The number of fused-ring (bicyclic) bond motifs is 1. The Morgan fingerprint density at radius 3 is 1.93 bits per heavy atom. The van der Waals surface area contributed by atoms with E-state index in [4.69, 9.17) is 9.59 Å². The Morgan fingerprint density at radius 2 is 1.43 bits per heavy atom. The van der Waals surface area contributed by atoms with Gasteiger partial charge in [0.25, 0.3) is 0 Å². The Kier molecular flexibility index (Phi) is 8.05. The summed E-state index contributed by atoms with van der Waals surface area (Å²) in [6, 6.07) is 10.2. The molecule has 0 saturated carbocycles. The van der Waals surface area contributed by atoms with Crippen LogP contribution in [-0.4, -0.2) is 33.7 Å². The maximum absolute atomic E-state index is 11.0. The molecule has 30 heavy (non-hydrogen) atoms. The number of hydrogen-bond acceptors (Lipinski definition) is 5. The van der Waals surface area contributed by atoms with Crippen LogP contribution >= 0.6 is 0 Å². The first-order valence-electron chi connectivity index (χ1n) is 9.83. The summed E-state index contributed by atoms with van der Waals surface area (Å²) in [4.78, 5) is 17.6. The van der Waals surface area contributed by atoms with Gasteiger partial charge in [0.1, 0.15) is 36.0 Å². The monoisotopic (exact) mass is 411 g/mol. The molecule has 6 nitrogen and oxygen atoms in total. The van der Waals surface area contributed by atoms with E-state index in [0.717, 1.165) is 28.6 Å². The molecule has 0 atom stereocenters. The molecule has 6 heteroatoms. The molecule has 0 bridgehead atoms. The lowest BCUT2D eigenvalue weighted by atomic mass is 9.80. The lowest BCUT2D eigenvalue weighted by Gasteiger charge is -2.27. The van der Waals surface area contributed by atoms with E-state index in [-0.39, 0.29) is 16.6 Å². The SMILES string of the molecule is C=O.C=O.CCc1ccc2nn(-c3cc(C(C)(C)C)cc(C(C)(C)C)c3O)nc2c1. The average Bonchev–Trinajstić information content (AvgIpc) is 3.12. The van der Waals surface area contributed by atoms with Crippen LogP contribution in [0.5, 0.6) is 5.75 Å². The van der Waals surface area contributed by atoms with Gasteiger partial charge in [-0.1, -0.05) is 60.6 Å². The Hall–Kier alpha value is -3.02. The van der Waals surface area contributed by atoms with E-state index in [9.17, 15) is 5.11 Å². The molecule has 0 aliphatic carbocycles. The molecule has 0 aliphatic rings. The zero-order chi connectivity index (χ0) is 23.3. The highest BCUT2D eigenvalue weighted by atomic mass is 16.3. The molecule has 3 aromatic rings. The molecule has 0 aliphatic heterocycles. The minimum atomic E-state index is -0.179. The molecule has 2 aromatic carbocycles. The van der Waals surface area contributed by atoms with Gasteiger partial charge in [0, 0.05) is 5.56 Å². The number of phenolic OH excluding ortho intramolecular Hbond substituents is 1. The Morgan fingerprint density at radius 1 is 0.867 bits per heavy atom. The second-order valence-electron chi connectivity index (χ2n) is 9.06. The summed E-state index contributed by atoms with van der Waals surface area (Å²) < 4.78 is 0. The number of benzene rings is 2. The number of carbonyl (C=O) groups excluding carboxylic acids is 2. The summed E-state index contributed by atoms with van der Waals surface area (Å²) in [6.07, 6.45) is 0.960. The number of nitrogens with zero attached hydrogens (tertiary/aromatic N) is 3. The van der Waals surface area contributed by atoms with Gasteiger partial charge in [-0.25, -0.2) is 0 Å². The minimum Gasteiger partial charge on any atom is -0.505 e. The van der Waals surface area contributed by atoms with Crippen LogP contribution in [0.2, 0.25) is 0 Å². The van der Waals surface area contributed by atoms with E-state index in [1.807, 2.05) is 25.7 Å². The van der Waals surface area contributed by atoms with Gasteiger partial charge in [-0.2, -0.15) is 0 Å². The van der Waals surface area contributed by atoms with Gasteiger partial charge in [0.05, 0.1) is 0 Å². The Labute approximate surface area is 178 Å². The third kappa shape index (κ3) is 5.32. The second kappa shape index (κ2) is 9.65. The summed E-state index contributed by atoms with van der Waals surface area (Å²) >= 11 is 0. The molecule has 162 valence electrons. The molecule has 0 spiro atoms. The normalized spacial score (nSPS) is 11.3. The third-order valence-corrected chi connectivity index (χ3v) is 4.83. The summed E-state index contributed by atoms with van der Waals surface area (Å²) in [5.74, 6) is 0.251. The van der Waals surface area contributed by atoms with Gasteiger partial charge in [0.15, 0.2) is 0 Å². The zero-order valence-corrected chi connectivity index (χ0v) is 19.1. The van der Waals surface area contributed by atoms with Crippen LogP contribution in [0.1, 0.15) is 65.2 Å². The molecule has 1 N–H and O–H groups in total. The Balaban J connectivity index is 0.00000106. The largest absolute Gasteiger partial charge is 0.505 e. The number of rotatable bonds is 2. The van der Waals surface area contributed by atoms with Crippen LogP contribution in [0.15, 0.2) is 30.3 Å². The predicted molar refractivity (Wildman–Crippen MR) is 122 cm³/mol. The summed E-state index contributed by atoms with van der Waals surface area (Å²) in [6.45, 7) is 19.0. The zero-order valence-electron chi connectivity index (χ0n) is 19.1. The van der Waals surface area contributed by atoms with Crippen molar-refractivity contribution in [2.24, 2.45) is 0 Å². The minimum absolute atomic E-state index is 0.0373. The molecular formula is C24H33N3O3. The predicted octanol–water partition coefficient (Wildman–Crippen LogP) is 4.91. The topological polar surface area (TPSA) is 85.1 Å². The van der Waals surface area contributed by atoms with Crippen molar-refractivity contribution in [1.29, 1.82) is 0 Å². The quantitative estimate of drug-likeness (QED) is 0.647. The number of aromatic nitrogens is 3. The van der Waals surface area contributed by atoms with E-state index in [1.54, 1.807) is 4.80 Å². The van der Waals surface area contributed by atoms with E-state index in [1.165, 1.54) is 5.56 Å². The van der Waals surface area contributed by atoms with E-state index >= 15 is 0 Å². The standard InChI is InChI=1S/C22H29N3O.2CH2O/c1-8-14-9-10-17-18(11-14)24-25(23-17)19-13-15(21(2,3)4)12-16(20(19)26)22(5,6)7;2*1-2/h9-13,26H,8H2,1-7H3;2*1H2. The van der Waals surface area contributed by atoms with Crippen LogP contribution in [0.25, 0.3) is 16.7 Å². The smallest absolute Gasteiger partial charge is 0.146 e. The van der Waals surface area contributed by atoms with Crippen LogP contribution in [0, 0.1) is 0 Å². The van der Waals surface area contributed by atoms with Crippen molar-refractivity contribution in [3.63, 3.8) is 0 Å². The lowest BCUT2D eigenvalue weighted by molar-refractivity contribution is -0.0987. The third-order valence-electron chi connectivity index (χ3n) is 4.83. The van der Waals surface area contributed by atoms with Gasteiger partial charge in [-0.3, -0.25) is 0 Å². The van der Waals surface area contributed by atoms with Crippen molar-refractivity contribution in [3.8, 4) is 11.4 Å². The number of hydrogen-bond donors (Lipinski definition) is 1. The van der Waals surface area contributed by atoms with E-state index in [2.05, 4.69) is 76.9 Å². The van der Waals surface area contributed by atoms with E-state index < -0.39 is 0 Å². The molecule has 0 unspecified atom stereocenters. The highest BCUT2D eigenvalue weighted by molar-refractivity contribution is 5.75. The number of aryl methyl sites for hydroxylation is 1. The second-order valence-corrected chi connectivity index (χ2v) is 9.06. The fraction of sp³-hybridized carbons (Fsp3) is 0.417. The first-order chi connectivity index (χ1) is 14.0. The molecule has 1 heterocycles. The van der Waals surface area contributed by atoms with Gasteiger partial charge in [-0.05, 0) is 46.6 Å². The molecule has 0 radical (unpaired) electrons. The number of phenols is 1. The number of aromatic hydroxyl groups is 1. The fourth-order valence-corrected chi connectivity index (χ4v) is 3.06. The number of carbonyl (C=O) groups is 2. The summed E-state index contributed by atoms with van der Waals surface area (Å²) in [5.41, 5.74) is 5.40. The molecule has 1 aromatic heterocycles. The van der Waals surface area contributed by atoms with Crippen LogP contribution in [0.4, 0.5) is 0 Å². The van der Waals surface area contributed by atoms with Crippen molar-refractivity contribution in [2.45, 2.75) is 65.7 Å². The van der Waals surface area contributed by atoms with Gasteiger partial charge < -0.3 is 14.7 Å². The van der Waals surface area contributed by atoms with Crippen molar-refractivity contribution in [3.05, 3.63) is 47.0 Å². The molecule has 0 fully saturated rings. The first kappa shape index (κ1) is 25.0. The highest BCUT2D eigenvalue weighted by Crippen LogP contribution is 2.39. The maximum atomic E-state index is 11.0. The molecular weight excluding hydrogens is 378 g/mol. The molecule has 0 saturated heterocycles. The van der Waals surface area contributed by atoms with Gasteiger partial charge >= 0.3 is 0 Å². The van der Waals surface area contributed by atoms with Crippen LogP contribution in [0.3, 0.4) is 0 Å². The van der Waals surface area contributed by atoms with Crippen molar-refractivity contribution < 1.29 is 14.7 Å². The van der Waals surface area contributed by atoms with Crippen molar-refractivity contribution in [2.75, 3.05) is 0 Å². The Bertz CT molecular complexity index is 993. The van der Waals surface area contributed by atoms with Crippen molar-refractivity contribution in [1.82, 2.24) is 15.0 Å². The maximum Gasteiger partial charge on any atom is 0.146 e. The first-order valence-corrected chi connectivity index (χ1v) is 9.83. The summed E-state index contributed by atoms with van der Waals surface area (Å²) in [7, 11) is 0. The molecule has 0 amide bonds. The van der Waals surface area contributed by atoms with Crippen molar-refractivity contribution >= 4 is 24.6 Å². The highest BCUT2D eigenvalue weighted by Gasteiger charge is 2.26. The lowest BCUT2D eigenvalue weighted by Crippen LogP contribution is -2.18. The van der Waals surface area contributed by atoms with Gasteiger partial charge in [-0.15, -0.1) is 15.0 Å². The molecule has 3 rings (SSSR count). The van der Waals surface area contributed by atoms with Crippen LogP contribution < -0.4 is 0 Å². The van der Waals surface area contributed by atoms with E-state index in [0.29, 0.717) is 5.69 Å². The summed E-state index contributed by atoms with van der Waals surface area (Å²) in [5, 5.41) is 20.2. The van der Waals surface area contributed by atoms with Crippen LogP contribution in [-0.2, 0) is 26.8 Å². The fourth-order valence-electron chi connectivity index (χ4n) is 3.06.